The van der Waals surface area contributed by atoms with Crippen molar-refractivity contribution in [1.82, 2.24) is 24.6 Å². The van der Waals surface area contributed by atoms with Crippen LogP contribution in [0.1, 0.15) is 27.9 Å². The minimum atomic E-state index is -0.335. The fraction of sp³-hybridized carbons (Fsp3) is 0.208. The highest BCUT2D eigenvalue weighted by atomic mass is 19.1. The van der Waals surface area contributed by atoms with Crippen molar-refractivity contribution < 1.29 is 18.3 Å². The molecule has 0 saturated heterocycles. The number of hydrogen-bond acceptors (Lipinski definition) is 4. The molecular formula is C24H23F2N5O2. The van der Waals surface area contributed by atoms with E-state index in [1.54, 1.807) is 47.7 Å². The quantitative estimate of drug-likeness (QED) is 0.372. The highest BCUT2D eigenvalue weighted by Gasteiger charge is 2.18. The van der Waals surface area contributed by atoms with Crippen molar-refractivity contribution in [1.29, 1.82) is 0 Å². The van der Waals surface area contributed by atoms with Crippen LogP contribution < -0.4 is 10.1 Å². The maximum atomic E-state index is 13.2. The van der Waals surface area contributed by atoms with Gasteiger partial charge in [0.2, 0.25) is 5.88 Å². The first kappa shape index (κ1) is 22.2. The maximum Gasteiger partial charge on any atom is 0.258 e. The number of imidazole rings is 1. The highest BCUT2D eigenvalue weighted by Crippen LogP contribution is 2.19. The topological polar surface area (TPSA) is 74.0 Å². The van der Waals surface area contributed by atoms with Gasteiger partial charge in [-0.1, -0.05) is 24.3 Å². The molecule has 4 rings (SSSR count). The van der Waals surface area contributed by atoms with E-state index >= 15 is 0 Å². The lowest BCUT2D eigenvalue weighted by molar-refractivity contribution is 0.0948. The minimum Gasteiger partial charge on any atom is -0.471 e. The number of amides is 1. The van der Waals surface area contributed by atoms with E-state index in [0.717, 1.165) is 24.1 Å². The van der Waals surface area contributed by atoms with Crippen molar-refractivity contribution in [2.75, 3.05) is 6.54 Å². The van der Waals surface area contributed by atoms with E-state index in [-0.39, 0.29) is 30.0 Å². The SMILES string of the molecule is O=C(NCCCn1ccnc1)c1cn(Cc2ccc(F)cc2)nc1OCc1ccc(F)cc1. The van der Waals surface area contributed by atoms with Crippen molar-refractivity contribution in [3.05, 3.63) is 102 Å². The Balaban J connectivity index is 1.44. The molecule has 2 aromatic heterocycles. The summed E-state index contributed by atoms with van der Waals surface area (Å²) < 4.78 is 35.7. The fourth-order valence-corrected chi connectivity index (χ4v) is 3.23. The summed E-state index contributed by atoms with van der Waals surface area (Å²) in [4.78, 5) is 16.8. The summed E-state index contributed by atoms with van der Waals surface area (Å²) in [6, 6.07) is 12.0. The normalized spacial score (nSPS) is 10.8. The first-order valence-corrected chi connectivity index (χ1v) is 10.5. The number of carbonyl (C=O) groups is 1. The molecule has 0 fully saturated rings. The smallest absolute Gasteiger partial charge is 0.258 e. The second-order valence-electron chi connectivity index (χ2n) is 7.50. The molecule has 7 nitrogen and oxygen atoms in total. The first-order valence-electron chi connectivity index (χ1n) is 10.5. The molecule has 0 aliphatic heterocycles. The molecule has 0 aliphatic carbocycles. The number of halogens is 2. The van der Waals surface area contributed by atoms with E-state index in [9.17, 15) is 13.6 Å². The van der Waals surface area contributed by atoms with Crippen LogP contribution in [0.25, 0.3) is 0 Å². The summed E-state index contributed by atoms with van der Waals surface area (Å²) in [6.45, 7) is 1.69. The number of carbonyl (C=O) groups excluding carboxylic acids is 1. The van der Waals surface area contributed by atoms with Crippen LogP contribution in [0.2, 0.25) is 0 Å². The van der Waals surface area contributed by atoms with Crippen molar-refractivity contribution in [2.24, 2.45) is 0 Å². The number of aromatic nitrogens is 4. The first-order chi connectivity index (χ1) is 16.1. The van der Waals surface area contributed by atoms with Crippen LogP contribution in [0.5, 0.6) is 5.88 Å². The van der Waals surface area contributed by atoms with Gasteiger partial charge in [0.1, 0.15) is 23.8 Å². The van der Waals surface area contributed by atoms with Crippen LogP contribution in [0.4, 0.5) is 8.78 Å². The van der Waals surface area contributed by atoms with Crippen molar-refractivity contribution in [3.63, 3.8) is 0 Å². The van der Waals surface area contributed by atoms with Crippen LogP contribution in [0.15, 0.2) is 73.4 Å². The lowest BCUT2D eigenvalue weighted by Crippen LogP contribution is -2.25. The van der Waals surface area contributed by atoms with Gasteiger partial charge in [-0.25, -0.2) is 13.8 Å². The number of aryl methyl sites for hydroxylation is 1. The van der Waals surface area contributed by atoms with E-state index < -0.39 is 0 Å². The molecule has 170 valence electrons. The summed E-state index contributed by atoms with van der Waals surface area (Å²) in [6.07, 6.45) is 7.64. The second-order valence-corrected chi connectivity index (χ2v) is 7.50. The predicted octanol–water partition coefficient (Wildman–Crippen LogP) is 3.81. The molecule has 2 aromatic carbocycles. The van der Waals surface area contributed by atoms with Crippen LogP contribution in [-0.2, 0) is 19.7 Å². The molecule has 4 aromatic rings. The zero-order chi connectivity index (χ0) is 23.0. The Hall–Kier alpha value is -4.01. The molecule has 0 unspecified atom stereocenters. The van der Waals surface area contributed by atoms with Gasteiger partial charge < -0.3 is 14.6 Å². The third kappa shape index (κ3) is 6.25. The van der Waals surface area contributed by atoms with E-state index in [2.05, 4.69) is 15.4 Å². The van der Waals surface area contributed by atoms with Gasteiger partial charge in [-0.05, 0) is 41.8 Å². The summed E-state index contributed by atoms with van der Waals surface area (Å²) in [5.74, 6) is -0.787. The largest absolute Gasteiger partial charge is 0.471 e. The van der Waals surface area contributed by atoms with Gasteiger partial charge in [-0.15, -0.1) is 5.10 Å². The zero-order valence-corrected chi connectivity index (χ0v) is 17.8. The second kappa shape index (κ2) is 10.5. The zero-order valence-electron chi connectivity index (χ0n) is 17.8. The van der Waals surface area contributed by atoms with Gasteiger partial charge in [-0.3, -0.25) is 9.48 Å². The molecular weight excluding hydrogens is 428 g/mol. The molecule has 0 bridgehead atoms. The molecule has 2 heterocycles. The van der Waals surface area contributed by atoms with Crippen molar-refractivity contribution >= 4 is 5.91 Å². The van der Waals surface area contributed by atoms with E-state index in [1.165, 1.54) is 24.3 Å². The monoisotopic (exact) mass is 451 g/mol. The number of rotatable bonds is 10. The Morgan fingerprint density at radius 2 is 1.70 bits per heavy atom. The molecule has 0 saturated carbocycles. The minimum absolute atomic E-state index is 0.134. The van der Waals surface area contributed by atoms with Gasteiger partial charge in [-0.2, -0.15) is 0 Å². The molecule has 1 amide bonds. The van der Waals surface area contributed by atoms with Crippen molar-refractivity contribution in [3.8, 4) is 5.88 Å². The van der Waals surface area contributed by atoms with Gasteiger partial charge in [0.05, 0.1) is 12.9 Å². The lowest BCUT2D eigenvalue weighted by Gasteiger charge is -2.07. The van der Waals surface area contributed by atoms with Gasteiger partial charge in [0, 0.05) is 31.7 Å². The fourth-order valence-electron chi connectivity index (χ4n) is 3.23. The Kier molecular flexibility index (Phi) is 7.09. The van der Waals surface area contributed by atoms with E-state index in [0.29, 0.717) is 18.7 Å². The van der Waals surface area contributed by atoms with Crippen LogP contribution >= 0.6 is 0 Å². The number of hydrogen-bond donors (Lipinski definition) is 1. The number of benzene rings is 2. The number of nitrogens with one attached hydrogen (secondary N) is 1. The Morgan fingerprint density at radius 1 is 1.00 bits per heavy atom. The summed E-state index contributed by atoms with van der Waals surface area (Å²) in [5, 5.41) is 7.29. The average Bonchev–Trinajstić information content (AvgIpc) is 3.48. The summed E-state index contributed by atoms with van der Waals surface area (Å²) >= 11 is 0. The van der Waals surface area contributed by atoms with Crippen LogP contribution in [-0.4, -0.2) is 31.8 Å². The third-order valence-corrected chi connectivity index (χ3v) is 4.96. The van der Waals surface area contributed by atoms with E-state index in [4.69, 9.17) is 4.74 Å². The Morgan fingerprint density at radius 3 is 2.36 bits per heavy atom. The lowest BCUT2D eigenvalue weighted by atomic mass is 10.2. The van der Waals surface area contributed by atoms with E-state index in [1.807, 2.05) is 10.8 Å². The molecule has 0 atom stereocenters. The molecule has 0 aliphatic rings. The van der Waals surface area contributed by atoms with Gasteiger partial charge >= 0.3 is 0 Å². The van der Waals surface area contributed by atoms with Gasteiger partial charge in [0.25, 0.3) is 5.91 Å². The number of ether oxygens (including phenoxy) is 1. The molecule has 9 heteroatoms. The Labute approximate surface area is 189 Å². The molecule has 1 N–H and O–H groups in total. The third-order valence-electron chi connectivity index (χ3n) is 4.96. The summed E-state index contributed by atoms with van der Waals surface area (Å²) in [7, 11) is 0. The average molecular weight is 451 g/mol. The Bertz CT molecular complexity index is 1170. The number of nitrogens with zero attached hydrogens (tertiary/aromatic N) is 4. The maximum absolute atomic E-state index is 13.2. The van der Waals surface area contributed by atoms with Crippen molar-refractivity contribution in [2.45, 2.75) is 26.1 Å². The van der Waals surface area contributed by atoms with Gasteiger partial charge in [0.15, 0.2) is 0 Å². The molecule has 0 spiro atoms. The standard InChI is InChI=1S/C24H23F2N5O2/c25-20-6-2-18(3-7-20)14-31-15-22(23(32)28-10-1-12-30-13-11-27-17-30)24(29-31)33-16-19-4-8-21(26)9-5-19/h2-9,11,13,15,17H,1,10,12,14,16H2,(H,28,32). The molecule has 33 heavy (non-hydrogen) atoms. The van der Waals surface area contributed by atoms with Crippen LogP contribution in [0.3, 0.4) is 0 Å². The predicted molar refractivity (Wildman–Crippen MR) is 118 cm³/mol. The molecule has 0 radical (unpaired) electrons. The highest BCUT2D eigenvalue weighted by molar-refractivity contribution is 5.96. The van der Waals surface area contributed by atoms with Crippen LogP contribution in [0, 0.1) is 11.6 Å². The summed E-state index contributed by atoms with van der Waals surface area (Å²) in [5.41, 5.74) is 1.87.